The largest absolute Gasteiger partial charge is 0.207 e. The van der Waals surface area contributed by atoms with Crippen LogP contribution in [0, 0.1) is 17.0 Å². The molecule has 0 aliphatic carbocycles. The second kappa shape index (κ2) is 11.1. The van der Waals surface area contributed by atoms with Crippen molar-refractivity contribution in [1.29, 1.82) is 0 Å². The van der Waals surface area contributed by atoms with Gasteiger partial charge in [0.05, 0.1) is 0 Å². The van der Waals surface area contributed by atoms with Crippen LogP contribution in [0.25, 0.3) is 0 Å². The van der Waals surface area contributed by atoms with Crippen LogP contribution in [0.4, 0.5) is 8.78 Å². The highest BCUT2D eigenvalue weighted by Gasteiger charge is 2.16. The third-order valence-electron chi connectivity index (χ3n) is 4.38. The van der Waals surface area contributed by atoms with Gasteiger partial charge in [0.25, 0.3) is 0 Å². The summed E-state index contributed by atoms with van der Waals surface area (Å²) in [5.74, 6) is 2.60. The summed E-state index contributed by atoms with van der Waals surface area (Å²) in [6.07, 6.45) is 3.57. The zero-order valence-corrected chi connectivity index (χ0v) is 18.1. The quantitative estimate of drug-likeness (QED) is 0.369. The van der Waals surface area contributed by atoms with E-state index in [1.165, 1.54) is 36.1 Å². The molecule has 0 fully saturated rings. The molecule has 0 spiro atoms. The molecule has 1 unspecified atom stereocenters. The molecular formula is C23H30F2S2. The Kier molecular flexibility index (Phi) is 9.17. The minimum atomic E-state index is -0.178. The maximum absolute atomic E-state index is 13.1. The van der Waals surface area contributed by atoms with E-state index >= 15 is 0 Å². The Labute approximate surface area is 171 Å². The molecule has 0 bridgehead atoms. The molecule has 0 aliphatic heterocycles. The summed E-state index contributed by atoms with van der Waals surface area (Å²) in [5, 5.41) is 0.606. The summed E-state index contributed by atoms with van der Waals surface area (Å²) >= 11 is 3.90. The molecule has 0 amide bonds. The van der Waals surface area contributed by atoms with Gasteiger partial charge in [-0.25, -0.2) is 8.78 Å². The Bertz CT molecular complexity index is 660. The van der Waals surface area contributed by atoms with Gasteiger partial charge < -0.3 is 0 Å². The van der Waals surface area contributed by atoms with Crippen molar-refractivity contribution in [3.8, 4) is 0 Å². The van der Waals surface area contributed by atoms with E-state index < -0.39 is 0 Å². The van der Waals surface area contributed by atoms with E-state index in [-0.39, 0.29) is 11.6 Å². The van der Waals surface area contributed by atoms with Crippen LogP contribution in [0.5, 0.6) is 0 Å². The second-order valence-electron chi connectivity index (χ2n) is 8.13. The average Bonchev–Trinajstić information content (AvgIpc) is 2.62. The second-order valence-corrected chi connectivity index (χ2v) is 10.5. The van der Waals surface area contributed by atoms with Gasteiger partial charge in [0.1, 0.15) is 11.6 Å². The Morgan fingerprint density at radius 2 is 1.30 bits per heavy atom. The van der Waals surface area contributed by atoms with Crippen LogP contribution in [-0.4, -0.2) is 11.0 Å². The highest BCUT2D eigenvalue weighted by atomic mass is 32.2. The zero-order chi connectivity index (χ0) is 19.7. The van der Waals surface area contributed by atoms with Gasteiger partial charge in [-0.05, 0) is 65.8 Å². The Hall–Kier alpha value is -1.00. The van der Waals surface area contributed by atoms with E-state index in [0.29, 0.717) is 10.7 Å². The van der Waals surface area contributed by atoms with E-state index in [4.69, 9.17) is 0 Å². The van der Waals surface area contributed by atoms with Gasteiger partial charge in [0, 0.05) is 16.8 Å². The van der Waals surface area contributed by atoms with Crippen molar-refractivity contribution in [2.45, 2.75) is 56.8 Å². The number of thioether (sulfide) groups is 2. The highest BCUT2D eigenvalue weighted by Crippen LogP contribution is 2.31. The summed E-state index contributed by atoms with van der Waals surface area (Å²) < 4.78 is 26.1. The van der Waals surface area contributed by atoms with Crippen molar-refractivity contribution < 1.29 is 8.78 Å². The summed E-state index contributed by atoms with van der Waals surface area (Å²) in [4.78, 5) is 0. The molecule has 2 rings (SSSR count). The van der Waals surface area contributed by atoms with Crippen LogP contribution in [0.15, 0.2) is 48.5 Å². The highest BCUT2D eigenvalue weighted by molar-refractivity contribution is 7.99. The van der Waals surface area contributed by atoms with Crippen molar-refractivity contribution in [3.05, 3.63) is 71.3 Å². The van der Waals surface area contributed by atoms with E-state index in [1.807, 2.05) is 47.8 Å². The van der Waals surface area contributed by atoms with Crippen molar-refractivity contribution in [3.63, 3.8) is 0 Å². The fourth-order valence-electron chi connectivity index (χ4n) is 2.69. The lowest BCUT2D eigenvalue weighted by atomic mass is 9.89. The molecule has 148 valence electrons. The predicted octanol–water partition coefficient (Wildman–Crippen LogP) is 7.72. The van der Waals surface area contributed by atoms with E-state index in [1.54, 1.807) is 12.1 Å². The van der Waals surface area contributed by atoms with Crippen molar-refractivity contribution in [1.82, 2.24) is 0 Å². The van der Waals surface area contributed by atoms with Gasteiger partial charge in [0.15, 0.2) is 0 Å². The molecule has 0 aromatic heterocycles. The van der Waals surface area contributed by atoms with Crippen molar-refractivity contribution >= 4 is 23.5 Å². The number of hydrogen-bond acceptors (Lipinski definition) is 2. The zero-order valence-electron chi connectivity index (χ0n) is 16.5. The summed E-state index contributed by atoms with van der Waals surface area (Å²) in [6, 6.07) is 13.6. The van der Waals surface area contributed by atoms with E-state index in [9.17, 15) is 8.78 Å². The first kappa shape index (κ1) is 22.3. The SMILES string of the molecule is CC(C)(C)CCC(CCSCc1ccc(F)cc1)SCc1ccc(F)cc1. The topological polar surface area (TPSA) is 0 Å². The molecule has 0 heterocycles. The van der Waals surface area contributed by atoms with Crippen LogP contribution < -0.4 is 0 Å². The summed E-state index contributed by atoms with van der Waals surface area (Å²) in [6.45, 7) is 6.87. The van der Waals surface area contributed by atoms with Crippen LogP contribution in [0.2, 0.25) is 0 Å². The third-order valence-corrected chi connectivity index (χ3v) is 6.89. The van der Waals surface area contributed by atoms with Gasteiger partial charge >= 0.3 is 0 Å². The van der Waals surface area contributed by atoms with Gasteiger partial charge in [-0.3, -0.25) is 0 Å². The number of benzene rings is 2. The fourth-order valence-corrected chi connectivity index (χ4v) is 5.05. The first-order valence-electron chi connectivity index (χ1n) is 9.50. The van der Waals surface area contributed by atoms with Crippen molar-refractivity contribution in [2.24, 2.45) is 5.41 Å². The van der Waals surface area contributed by atoms with Gasteiger partial charge in [-0.2, -0.15) is 23.5 Å². The number of halogens is 2. The Morgan fingerprint density at radius 3 is 1.81 bits per heavy atom. The van der Waals surface area contributed by atoms with E-state index in [0.717, 1.165) is 23.7 Å². The van der Waals surface area contributed by atoms with E-state index in [2.05, 4.69) is 20.8 Å². The van der Waals surface area contributed by atoms with Crippen LogP contribution in [-0.2, 0) is 11.5 Å². The summed E-state index contributed by atoms with van der Waals surface area (Å²) in [5.41, 5.74) is 2.70. The van der Waals surface area contributed by atoms with Crippen LogP contribution in [0.3, 0.4) is 0 Å². The monoisotopic (exact) mass is 408 g/mol. The van der Waals surface area contributed by atoms with Crippen LogP contribution in [0.1, 0.15) is 51.2 Å². The summed E-state index contributed by atoms with van der Waals surface area (Å²) in [7, 11) is 0. The molecule has 2 aromatic carbocycles. The lowest BCUT2D eigenvalue weighted by Gasteiger charge is -2.23. The molecule has 1 atom stereocenters. The van der Waals surface area contributed by atoms with Gasteiger partial charge in [-0.1, -0.05) is 45.0 Å². The Balaban J connectivity index is 1.79. The maximum atomic E-state index is 13.1. The first-order chi connectivity index (χ1) is 12.8. The Morgan fingerprint density at radius 1 is 0.778 bits per heavy atom. The normalized spacial score (nSPS) is 12.9. The molecule has 0 saturated heterocycles. The number of hydrogen-bond donors (Lipinski definition) is 0. The van der Waals surface area contributed by atoms with Gasteiger partial charge in [0.2, 0.25) is 0 Å². The van der Waals surface area contributed by atoms with Crippen LogP contribution >= 0.6 is 23.5 Å². The fraction of sp³-hybridized carbons (Fsp3) is 0.478. The maximum Gasteiger partial charge on any atom is 0.123 e. The third kappa shape index (κ3) is 9.66. The smallest absolute Gasteiger partial charge is 0.123 e. The van der Waals surface area contributed by atoms with Crippen molar-refractivity contribution in [2.75, 3.05) is 5.75 Å². The standard InChI is InChI=1S/C23H30F2S2/c1-23(2,3)14-12-22(27-17-19-6-10-21(25)11-7-19)13-15-26-16-18-4-8-20(24)9-5-18/h4-11,22H,12-17H2,1-3H3. The molecular weight excluding hydrogens is 378 g/mol. The minimum Gasteiger partial charge on any atom is -0.207 e. The molecule has 4 heteroatoms. The average molecular weight is 409 g/mol. The lowest BCUT2D eigenvalue weighted by molar-refractivity contribution is 0.362. The van der Waals surface area contributed by atoms with Gasteiger partial charge in [-0.15, -0.1) is 0 Å². The minimum absolute atomic E-state index is 0.176. The molecule has 0 aliphatic rings. The lowest BCUT2D eigenvalue weighted by Crippen LogP contribution is -2.12. The number of rotatable bonds is 10. The first-order valence-corrected chi connectivity index (χ1v) is 11.7. The predicted molar refractivity (Wildman–Crippen MR) is 117 cm³/mol. The molecule has 27 heavy (non-hydrogen) atoms. The molecule has 2 aromatic rings. The molecule has 0 N–H and O–H groups in total. The molecule has 0 saturated carbocycles. The molecule has 0 nitrogen and oxygen atoms in total. The molecule has 0 radical (unpaired) electrons.